The van der Waals surface area contributed by atoms with Gasteiger partial charge in [-0.05, 0) is 6.92 Å². The first-order chi connectivity index (χ1) is 8.54. The minimum absolute atomic E-state index is 0.198. The maximum absolute atomic E-state index is 9.35. The van der Waals surface area contributed by atoms with Crippen molar-refractivity contribution >= 4 is 23.4 Å². The average Bonchev–Trinajstić information content (AvgIpc) is 2.27. The molecule has 0 unspecified atom stereocenters. The maximum Gasteiger partial charge on any atom is 0.223 e. The van der Waals surface area contributed by atoms with Crippen molar-refractivity contribution in [2.24, 2.45) is 0 Å². The summed E-state index contributed by atoms with van der Waals surface area (Å²) in [6.07, 6.45) is -0.291. The molecule has 1 atom stereocenters. The van der Waals surface area contributed by atoms with Crippen LogP contribution in [0.4, 0.5) is 11.8 Å². The Balaban J connectivity index is 1.96. The number of nitrogens with zero attached hydrogens (tertiary/aromatic N) is 4. The maximum atomic E-state index is 9.35. The molecule has 1 fully saturated rings. The molecule has 7 heteroatoms. The highest BCUT2D eigenvalue weighted by Crippen LogP contribution is 2.18. The molecule has 6 nitrogen and oxygen atoms in total. The predicted octanol–water partition coefficient (Wildman–Crippen LogP) is 0.215. The number of anilines is 2. The van der Waals surface area contributed by atoms with Gasteiger partial charge in [0, 0.05) is 38.8 Å². The fraction of sp³-hybridized carbons (Fsp3) is 0.636. The Hall–Kier alpha value is -1.11. The number of nitrogen functional groups attached to an aromatic ring is 1. The summed E-state index contributed by atoms with van der Waals surface area (Å²) in [6, 6.07) is 1.72. The van der Waals surface area contributed by atoms with Gasteiger partial charge in [-0.15, -0.1) is 0 Å². The fourth-order valence-corrected chi connectivity index (χ4v) is 2.30. The van der Waals surface area contributed by atoms with Crippen LogP contribution in [0.5, 0.6) is 0 Å². The van der Waals surface area contributed by atoms with Crippen LogP contribution in [0.15, 0.2) is 6.07 Å². The highest BCUT2D eigenvalue weighted by atomic mass is 35.5. The molecule has 100 valence electrons. The van der Waals surface area contributed by atoms with Crippen LogP contribution in [0.25, 0.3) is 0 Å². The lowest BCUT2D eigenvalue weighted by Gasteiger charge is -2.35. The molecule has 0 aromatic carbocycles. The molecule has 0 spiro atoms. The molecule has 1 aliphatic rings. The zero-order valence-electron chi connectivity index (χ0n) is 10.4. The van der Waals surface area contributed by atoms with E-state index in [9.17, 15) is 5.11 Å². The summed E-state index contributed by atoms with van der Waals surface area (Å²) in [5, 5.41) is 9.72. The summed E-state index contributed by atoms with van der Waals surface area (Å²) in [5.74, 6) is 0.966. The standard InChI is InChI=1S/C11H18ClN5O/c1-8(18)7-16-2-4-17(5-3-16)10-6-9(12)14-11(13)15-10/h6,8,18H,2-5,7H2,1H3,(H2,13,14,15)/t8-/m1/s1. The monoisotopic (exact) mass is 271 g/mol. The number of aromatic nitrogens is 2. The molecule has 2 rings (SSSR count). The number of β-amino-alcohol motifs (C(OH)–C–C–N with tert-alkyl or cyclic N) is 1. The van der Waals surface area contributed by atoms with Crippen LogP contribution in [0.1, 0.15) is 6.92 Å². The minimum Gasteiger partial charge on any atom is -0.392 e. The summed E-state index contributed by atoms with van der Waals surface area (Å²) in [6.45, 7) is 6.00. The normalized spacial score (nSPS) is 18.9. The Morgan fingerprint density at radius 3 is 2.61 bits per heavy atom. The Labute approximate surface area is 111 Å². The van der Waals surface area contributed by atoms with Crippen molar-refractivity contribution in [1.29, 1.82) is 0 Å². The van der Waals surface area contributed by atoms with Crippen molar-refractivity contribution in [2.75, 3.05) is 43.4 Å². The molecule has 1 saturated heterocycles. The number of aliphatic hydroxyl groups excluding tert-OH is 1. The van der Waals surface area contributed by atoms with Gasteiger partial charge >= 0.3 is 0 Å². The van der Waals surface area contributed by atoms with E-state index < -0.39 is 0 Å². The largest absolute Gasteiger partial charge is 0.392 e. The molecule has 3 N–H and O–H groups in total. The lowest BCUT2D eigenvalue weighted by atomic mass is 10.2. The predicted molar refractivity (Wildman–Crippen MR) is 71.8 cm³/mol. The topological polar surface area (TPSA) is 78.5 Å². The lowest BCUT2D eigenvalue weighted by molar-refractivity contribution is 0.122. The first-order valence-electron chi connectivity index (χ1n) is 6.00. The van der Waals surface area contributed by atoms with E-state index in [1.165, 1.54) is 0 Å². The molecule has 18 heavy (non-hydrogen) atoms. The van der Waals surface area contributed by atoms with E-state index in [0.29, 0.717) is 11.7 Å². The van der Waals surface area contributed by atoms with E-state index in [0.717, 1.165) is 32.0 Å². The number of aliphatic hydroxyl groups is 1. The molecule has 0 bridgehead atoms. The molecule has 1 aromatic heterocycles. The number of hydrogen-bond donors (Lipinski definition) is 2. The third kappa shape index (κ3) is 3.44. The summed E-state index contributed by atoms with van der Waals surface area (Å²) in [5.41, 5.74) is 5.58. The van der Waals surface area contributed by atoms with Crippen molar-refractivity contribution in [3.63, 3.8) is 0 Å². The van der Waals surface area contributed by atoms with E-state index in [2.05, 4.69) is 19.8 Å². The van der Waals surface area contributed by atoms with E-state index in [1.54, 1.807) is 13.0 Å². The van der Waals surface area contributed by atoms with Crippen LogP contribution in [-0.4, -0.2) is 58.8 Å². The van der Waals surface area contributed by atoms with Crippen LogP contribution in [0.3, 0.4) is 0 Å². The zero-order chi connectivity index (χ0) is 13.1. The molecule has 2 heterocycles. The van der Waals surface area contributed by atoms with Gasteiger partial charge in [-0.25, -0.2) is 4.98 Å². The highest BCUT2D eigenvalue weighted by molar-refractivity contribution is 6.29. The van der Waals surface area contributed by atoms with E-state index in [1.807, 2.05) is 0 Å². The molecule has 0 aliphatic carbocycles. The van der Waals surface area contributed by atoms with Crippen LogP contribution in [0.2, 0.25) is 5.15 Å². The van der Waals surface area contributed by atoms with Gasteiger partial charge in [-0.2, -0.15) is 4.98 Å². The van der Waals surface area contributed by atoms with Crippen LogP contribution >= 0.6 is 11.6 Å². The van der Waals surface area contributed by atoms with Gasteiger partial charge in [-0.3, -0.25) is 4.90 Å². The average molecular weight is 272 g/mol. The van der Waals surface area contributed by atoms with Crippen LogP contribution in [0, 0.1) is 0 Å². The molecule has 0 radical (unpaired) electrons. The summed E-state index contributed by atoms with van der Waals surface area (Å²) in [4.78, 5) is 12.4. The third-order valence-electron chi connectivity index (χ3n) is 2.92. The van der Waals surface area contributed by atoms with E-state index in [-0.39, 0.29) is 12.1 Å². The second kappa shape index (κ2) is 5.69. The Morgan fingerprint density at radius 2 is 2.06 bits per heavy atom. The minimum atomic E-state index is -0.291. The highest BCUT2D eigenvalue weighted by Gasteiger charge is 2.19. The Morgan fingerprint density at radius 1 is 1.39 bits per heavy atom. The Bertz CT molecular complexity index is 386. The number of piperazine rings is 1. The molecule has 1 aromatic rings. The van der Waals surface area contributed by atoms with Gasteiger partial charge in [0.2, 0.25) is 5.95 Å². The van der Waals surface area contributed by atoms with Crippen molar-refractivity contribution in [2.45, 2.75) is 13.0 Å². The first kappa shape index (κ1) is 13.3. The van der Waals surface area contributed by atoms with Crippen molar-refractivity contribution in [3.8, 4) is 0 Å². The number of halogens is 1. The van der Waals surface area contributed by atoms with E-state index >= 15 is 0 Å². The molecular formula is C11H18ClN5O. The number of hydrogen-bond acceptors (Lipinski definition) is 6. The summed E-state index contributed by atoms with van der Waals surface area (Å²) < 4.78 is 0. The van der Waals surface area contributed by atoms with Gasteiger partial charge in [0.25, 0.3) is 0 Å². The van der Waals surface area contributed by atoms with Crippen LogP contribution < -0.4 is 10.6 Å². The van der Waals surface area contributed by atoms with Crippen molar-refractivity contribution < 1.29 is 5.11 Å². The van der Waals surface area contributed by atoms with E-state index in [4.69, 9.17) is 17.3 Å². The van der Waals surface area contributed by atoms with Gasteiger partial charge in [0.05, 0.1) is 6.10 Å². The van der Waals surface area contributed by atoms with Gasteiger partial charge < -0.3 is 15.7 Å². The smallest absolute Gasteiger partial charge is 0.223 e. The molecule has 1 aliphatic heterocycles. The third-order valence-corrected chi connectivity index (χ3v) is 3.11. The van der Waals surface area contributed by atoms with Gasteiger partial charge in [-0.1, -0.05) is 11.6 Å². The second-order valence-corrected chi connectivity index (χ2v) is 4.93. The zero-order valence-corrected chi connectivity index (χ0v) is 11.1. The fourth-order valence-electron chi connectivity index (χ4n) is 2.12. The van der Waals surface area contributed by atoms with Gasteiger partial charge in [0.15, 0.2) is 0 Å². The molecule has 0 saturated carbocycles. The number of nitrogens with two attached hydrogens (primary N) is 1. The SMILES string of the molecule is C[C@@H](O)CN1CCN(c2cc(Cl)nc(N)n2)CC1. The Kier molecular flexibility index (Phi) is 4.21. The van der Waals surface area contributed by atoms with Crippen molar-refractivity contribution in [3.05, 3.63) is 11.2 Å². The van der Waals surface area contributed by atoms with Crippen molar-refractivity contribution in [1.82, 2.24) is 14.9 Å². The van der Waals surface area contributed by atoms with Crippen LogP contribution in [-0.2, 0) is 0 Å². The lowest BCUT2D eigenvalue weighted by Crippen LogP contribution is -2.48. The quantitative estimate of drug-likeness (QED) is 0.766. The summed E-state index contributed by atoms with van der Waals surface area (Å²) >= 11 is 5.87. The molecule has 0 amide bonds. The summed E-state index contributed by atoms with van der Waals surface area (Å²) in [7, 11) is 0. The first-order valence-corrected chi connectivity index (χ1v) is 6.38. The second-order valence-electron chi connectivity index (χ2n) is 4.54. The van der Waals surface area contributed by atoms with Gasteiger partial charge in [0.1, 0.15) is 11.0 Å². The molecular weight excluding hydrogens is 254 g/mol. The number of rotatable bonds is 3.